The number of thioether (sulfide) groups is 1. The van der Waals surface area contributed by atoms with E-state index in [1.165, 1.54) is 16.3 Å². The van der Waals surface area contributed by atoms with E-state index in [9.17, 15) is 0 Å². The lowest BCUT2D eigenvalue weighted by atomic mass is 10.1. The minimum Gasteiger partial charge on any atom is -0.355 e. The molecule has 0 bridgehead atoms. The number of hydrogen-bond acceptors (Lipinski definition) is 2. The Morgan fingerprint density at radius 3 is 2.43 bits per heavy atom. The molecule has 0 saturated carbocycles. The van der Waals surface area contributed by atoms with Gasteiger partial charge in [-0.2, -0.15) is 11.8 Å². The molecule has 0 aliphatic carbocycles. The van der Waals surface area contributed by atoms with Crippen LogP contribution in [0.15, 0.2) is 47.5 Å². The first-order valence-corrected chi connectivity index (χ1v) is 8.74. The summed E-state index contributed by atoms with van der Waals surface area (Å²) >= 11 is 1.85. The Hall–Kier alpha value is -0.950. The number of nitrogens with zero attached hydrogens (tertiary/aromatic N) is 1. The first-order chi connectivity index (χ1) is 10.5. The average molecular weight is 443 g/mol. The molecule has 126 valence electrons. The minimum absolute atomic E-state index is 0. The molecule has 23 heavy (non-hydrogen) atoms. The van der Waals surface area contributed by atoms with Gasteiger partial charge in [-0.15, -0.1) is 24.0 Å². The third-order valence-electron chi connectivity index (χ3n) is 3.73. The van der Waals surface area contributed by atoms with Crippen molar-refractivity contribution in [1.82, 2.24) is 10.6 Å². The lowest BCUT2D eigenvalue weighted by molar-refractivity contribution is 0.664. The van der Waals surface area contributed by atoms with Gasteiger partial charge in [-0.3, -0.25) is 4.99 Å². The Labute approximate surface area is 160 Å². The number of benzene rings is 2. The summed E-state index contributed by atoms with van der Waals surface area (Å²) in [5.74, 6) is 0.843. The summed E-state index contributed by atoms with van der Waals surface area (Å²) in [5.41, 5.74) is 1.26. The second-order valence-corrected chi connectivity index (χ2v) is 7.44. The highest BCUT2D eigenvalue weighted by Crippen LogP contribution is 2.19. The van der Waals surface area contributed by atoms with Crippen molar-refractivity contribution in [1.29, 1.82) is 0 Å². The van der Waals surface area contributed by atoms with Crippen LogP contribution >= 0.6 is 35.7 Å². The van der Waals surface area contributed by atoms with Crippen molar-refractivity contribution < 1.29 is 0 Å². The molecule has 0 radical (unpaired) electrons. The van der Waals surface area contributed by atoms with Crippen LogP contribution in [-0.4, -0.2) is 30.6 Å². The molecule has 3 nitrogen and oxygen atoms in total. The number of guanidine groups is 1. The van der Waals surface area contributed by atoms with Crippen molar-refractivity contribution >= 4 is 52.5 Å². The molecule has 0 aromatic heterocycles. The maximum atomic E-state index is 4.29. The third-order valence-corrected chi connectivity index (χ3v) is 4.98. The molecule has 0 heterocycles. The normalized spacial score (nSPS) is 11.9. The molecule has 2 aromatic rings. The fourth-order valence-corrected chi connectivity index (χ4v) is 2.34. The van der Waals surface area contributed by atoms with Crippen molar-refractivity contribution in [3.63, 3.8) is 0 Å². The van der Waals surface area contributed by atoms with Gasteiger partial charge in [-0.1, -0.05) is 36.4 Å². The molecular weight excluding hydrogens is 417 g/mol. The summed E-state index contributed by atoms with van der Waals surface area (Å²) < 4.78 is 0.195. The van der Waals surface area contributed by atoms with Crippen LogP contribution in [0.5, 0.6) is 0 Å². The molecule has 2 N–H and O–H groups in total. The maximum absolute atomic E-state index is 4.29. The summed E-state index contributed by atoms with van der Waals surface area (Å²) in [6, 6.07) is 15.0. The monoisotopic (exact) mass is 443 g/mol. The summed E-state index contributed by atoms with van der Waals surface area (Å²) in [6.07, 6.45) is 2.13. The number of aliphatic imine (C=N–C) groups is 1. The van der Waals surface area contributed by atoms with Gasteiger partial charge in [0.15, 0.2) is 5.96 Å². The van der Waals surface area contributed by atoms with Gasteiger partial charge in [-0.25, -0.2) is 0 Å². The SMILES string of the molecule is CN=C(NCc1ccc2ccccc2c1)NCC(C)(C)SC.I. The van der Waals surface area contributed by atoms with Crippen LogP contribution in [0.2, 0.25) is 0 Å². The van der Waals surface area contributed by atoms with Crippen LogP contribution in [0.3, 0.4) is 0 Å². The standard InChI is InChI=1S/C18H25N3S.HI/c1-18(2,22-4)13-21-17(19-3)20-12-14-9-10-15-7-5-6-8-16(15)11-14;/h5-11H,12-13H2,1-4H3,(H2,19,20,21);1H. The summed E-state index contributed by atoms with van der Waals surface area (Å²) in [7, 11) is 1.81. The second-order valence-electron chi connectivity index (χ2n) is 5.92. The van der Waals surface area contributed by atoms with E-state index in [0.717, 1.165) is 19.0 Å². The topological polar surface area (TPSA) is 36.4 Å². The molecule has 5 heteroatoms. The van der Waals surface area contributed by atoms with Gasteiger partial charge in [0.2, 0.25) is 0 Å². The maximum Gasteiger partial charge on any atom is 0.191 e. The van der Waals surface area contributed by atoms with Crippen molar-refractivity contribution in [2.24, 2.45) is 4.99 Å². The highest BCUT2D eigenvalue weighted by atomic mass is 127. The van der Waals surface area contributed by atoms with E-state index >= 15 is 0 Å². The highest BCUT2D eigenvalue weighted by Gasteiger charge is 2.15. The van der Waals surface area contributed by atoms with Gasteiger partial charge in [0, 0.05) is 24.9 Å². The zero-order valence-electron chi connectivity index (χ0n) is 14.2. The van der Waals surface area contributed by atoms with E-state index < -0.39 is 0 Å². The molecule has 0 aliphatic rings. The zero-order chi connectivity index (χ0) is 16.0. The average Bonchev–Trinajstić information content (AvgIpc) is 2.55. The van der Waals surface area contributed by atoms with Crippen LogP contribution in [0.25, 0.3) is 10.8 Å². The fourth-order valence-electron chi connectivity index (χ4n) is 2.12. The number of nitrogens with one attached hydrogen (secondary N) is 2. The van der Waals surface area contributed by atoms with E-state index in [1.54, 1.807) is 0 Å². The molecule has 0 saturated heterocycles. The Bertz CT molecular complexity index is 656. The van der Waals surface area contributed by atoms with Crippen LogP contribution in [0, 0.1) is 0 Å². The number of fused-ring (bicyclic) bond motifs is 1. The molecule has 2 aromatic carbocycles. The molecule has 0 atom stereocenters. The molecule has 0 spiro atoms. The number of rotatable bonds is 5. The second kappa shape index (κ2) is 9.37. The molecular formula is C18H26IN3S. The van der Waals surface area contributed by atoms with E-state index in [-0.39, 0.29) is 28.7 Å². The first kappa shape index (κ1) is 20.1. The van der Waals surface area contributed by atoms with Gasteiger partial charge in [0.25, 0.3) is 0 Å². The molecule has 0 unspecified atom stereocenters. The lowest BCUT2D eigenvalue weighted by Gasteiger charge is -2.23. The number of hydrogen-bond donors (Lipinski definition) is 2. The summed E-state index contributed by atoms with van der Waals surface area (Å²) in [4.78, 5) is 4.29. The third kappa shape index (κ3) is 6.22. The highest BCUT2D eigenvalue weighted by molar-refractivity contribution is 14.0. The minimum atomic E-state index is 0. The van der Waals surface area contributed by atoms with Gasteiger partial charge >= 0.3 is 0 Å². The van der Waals surface area contributed by atoms with Gasteiger partial charge in [0.05, 0.1) is 0 Å². The Kier molecular flexibility index (Phi) is 8.19. The predicted molar refractivity (Wildman–Crippen MR) is 115 cm³/mol. The van der Waals surface area contributed by atoms with Gasteiger partial charge in [-0.05, 0) is 42.5 Å². The molecule has 2 rings (SSSR count). The van der Waals surface area contributed by atoms with Crippen LogP contribution < -0.4 is 10.6 Å². The summed E-state index contributed by atoms with van der Waals surface area (Å²) in [5, 5.41) is 9.31. The predicted octanol–water partition coefficient (Wildman–Crippen LogP) is 4.26. The Morgan fingerprint density at radius 2 is 1.78 bits per heavy atom. The van der Waals surface area contributed by atoms with Crippen LogP contribution in [0.4, 0.5) is 0 Å². The van der Waals surface area contributed by atoms with Crippen molar-refractivity contribution in [2.75, 3.05) is 19.8 Å². The van der Waals surface area contributed by atoms with Gasteiger partial charge in [0.1, 0.15) is 0 Å². The molecule has 0 fully saturated rings. The zero-order valence-corrected chi connectivity index (χ0v) is 17.4. The smallest absolute Gasteiger partial charge is 0.191 e. The largest absolute Gasteiger partial charge is 0.355 e. The molecule has 0 aliphatic heterocycles. The Morgan fingerprint density at radius 1 is 1.09 bits per heavy atom. The lowest BCUT2D eigenvalue weighted by Crippen LogP contribution is -2.42. The van der Waals surface area contributed by atoms with Crippen LogP contribution in [0.1, 0.15) is 19.4 Å². The number of halogens is 1. The molecule has 0 amide bonds. The summed E-state index contributed by atoms with van der Waals surface area (Å²) in [6.45, 7) is 6.10. The van der Waals surface area contributed by atoms with Gasteiger partial charge < -0.3 is 10.6 Å². The van der Waals surface area contributed by atoms with E-state index in [4.69, 9.17) is 0 Å². The van der Waals surface area contributed by atoms with Crippen molar-refractivity contribution in [2.45, 2.75) is 25.1 Å². The van der Waals surface area contributed by atoms with E-state index in [1.807, 2.05) is 18.8 Å². The Balaban J connectivity index is 0.00000264. The first-order valence-electron chi connectivity index (χ1n) is 7.51. The van der Waals surface area contributed by atoms with E-state index in [2.05, 4.69) is 78.2 Å². The quantitative estimate of drug-likeness (QED) is 0.412. The van der Waals surface area contributed by atoms with Crippen molar-refractivity contribution in [3.8, 4) is 0 Å². The fraction of sp³-hybridized carbons (Fsp3) is 0.389. The van der Waals surface area contributed by atoms with E-state index in [0.29, 0.717) is 0 Å². The van der Waals surface area contributed by atoms with Crippen molar-refractivity contribution in [3.05, 3.63) is 48.0 Å². The van der Waals surface area contributed by atoms with Crippen LogP contribution in [-0.2, 0) is 6.54 Å².